The topological polar surface area (TPSA) is 156 Å². The van der Waals surface area contributed by atoms with Crippen LogP contribution >= 0.6 is 0 Å². The highest BCUT2D eigenvalue weighted by molar-refractivity contribution is 6.02. The van der Waals surface area contributed by atoms with Crippen molar-refractivity contribution < 1.29 is 28.6 Å². The van der Waals surface area contributed by atoms with Crippen LogP contribution in [0.25, 0.3) is 0 Å². The van der Waals surface area contributed by atoms with E-state index < -0.39 is 30.3 Å². The number of nitrogens with zero attached hydrogens (tertiary/aromatic N) is 2. The van der Waals surface area contributed by atoms with E-state index in [0.717, 1.165) is 5.69 Å². The van der Waals surface area contributed by atoms with Gasteiger partial charge in [0.05, 0.1) is 37.1 Å². The minimum atomic E-state index is -1.01. The van der Waals surface area contributed by atoms with Crippen LogP contribution in [0.1, 0.15) is 17.9 Å². The predicted molar refractivity (Wildman–Crippen MR) is 136 cm³/mol. The Morgan fingerprint density at radius 1 is 1.08 bits per heavy atom. The van der Waals surface area contributed by atoms with Gasteiger partial charge in [-0.3, -0.25) is 4.79 Å². The van der Waals surface area contributed by atoms with E-state index >= 15 is 0 Å². The number of rotatable bonds is 7. The first-order valence-corrected chi connectivity index (χ1v) is 11.1. The second-order valence-corrected chi connectivity index (χ2v) is 8.12. The van der Waals surface area contributed by atoms with Gasteiger partial charge in [0.2, 0.25) is 5.88 Å². The number of nitrogens with two attached hydrogens (primary N) is 1. The molecular formula is C26H27N5O6. The second-order valence-electron chi connectivity index (χ2n) is 8.12. The van der Waals surface area contributed by atoms with Gasteiger partial charge in [0.1, 0.15) is 23.8 Å². The highest BCUT2D eigenvalue weighted by atomic mass is 16.5. The average molecular weight is 506 g/mol. The van der Waals surface area contributed by atoms with E-state index in [-0.39, 0.29) is 22.8 Å². The zero-order valence-electron chi connectivity index (χ0n) is 20.8. The molecular weight excluding hydrogens is 478 g/mol. The lowest BCUT2D eigenvalue weighted by atomic mass is 9.82. The Kier molecular flexibility index (Phi) is 8.37. The third kappa shape index (κ3) is 5.99. The zero-order chi connectivity index (χ0) is 27.1. The SMILES string of the molecule is COC(=O)CC1=C(C(=O)OC)C(c2cccc(NC(=O)Nc3ccccc3N(C)C)c2)C(C#N)=C(N)O1. The summed E-state index contributed by atoms with van der Waals surface area (Å²) < 4.78 is 15.1. The molecule has 0 fully saturated rings. The van der Waals surface area contributed by atoms with E-state index in [1.807, 2.05) is 37.2 Å². The van der Waals surface area contributed by atoms with Crippen molar-refractivity contribution in [3.63, 3.8) is 0 Å². The number of anilines is 3. The Hall–Kier alpha value is -4.98. The van der Waals surface area contributed by atoms with Crippen LogP contribution in [0.4, 0.5) is 21.9 Å². The fraction of sp³-hybridized carbons (Fsp3) is 0.231. The maximum Gasteiger partial charge on any atom is 0.338 e. The summed E-state index contributed by atoms with van der Waals surface area (Å²) in [6.45, 7) is 0. The molecule has 0 bridgehead atoms. The van der Waals surface area contributed by atoms with Gasteiger partial charge in [0, 0.05) is 19.8 Å². The Balaban J connectivity index is 1.98. The number of benzene rings is 2. The summed E-state index contributed by atoms with van der Waals surface area (Å²) in [7, 11) is 6.09. The number of para-hydroxylation sites is 2. The van der Waals surface area contributed by atoms with E-state index in [1.54, 1.807) is 36.4 Å². The molecule has 0 aromatic heterocycles. The van der Waals surface area contributed by atoms with Gasteiger partial charge in [-0.25, -0.2) is 9.59 Å². The third-order valence-electron chi connectivity index (χ3n) is 5.55. The van der Waals surface area contributed by atoms with Gasteiger partial charge in [-0.05, 0) is 29.8 Å². The predicted octanol–water partition coefficient (Wildman–Crippen LogP) is 3.19. The molecule has 0 radical (unpaired) electrons. The number of carbonyl (C=O) groups excluding carboxylic acids is 3. The van der Waals surface area contributed by atoms with Crippen molar-refractivity contribution in [2.24, 2.45) is 5.73 Å². The van der Waals surface area contributed by atoms with Crippen molar-refractivity contribution in [3.05, 3.63) is 76.9 Å². The Labute approximate surface area is 214 Å². The minimum Gasteiger partial charge on any atom is -0.469 e. The highest BCUT2D eigenvalue weighted by Crippen LogP contribution is 2.41. The number of hydrogen-bond donors (Lipinski definition) is 3. The number of urea groups is 1. The molecule has 3 rings (SSSR count). The Morgan fingerprint density at radius 3 is 2.46 bits per heavy atom. The molecule has 2 aromatic rings. The maximum absolute atomic E-state index is 12.8. The number of carbonyl (C=O) groups is 3. The van der Waals surface area contributed by atoms with Crippen LogP contribution in [-0.4, -0.2) is 46.3 Å². The summed E-state index contributed by atoms with van der Waals surface area (Å²) in [6, 6.07) is 15.3. The summed E-state index contributed by atoms with van der Waals surface area (Å²) in [6.07, 6.45) is -0.400. The molecule has 1 aliphatic heterocycles. The van der Waals surface area contributed by atoms with Crippen molar-refractivity contribution >= 4 is 35.0 Å². The van der Waals surface area contributed by atoms with Gasteiger partial charge >= 0.3 is 18.0 Å². The van der Waals surface area contributed by atoms with E-state index in [2.05, 4.69) is 10.6 Å². The van der Waals surface area contributed by atoms with E-state index in [4.69, 9.17) is 19.9 Å². The summed E-state index contributed by atoms with van der Waals surface area (Å²) in [5, 5.41) is 15.4. The third-order valence-corrected chi connectivity index (χ3v) is 5.55. The van der Waals surface area contributed by atoms with Gasteiger partial charge in [-0.1, -0.05) is 24.3 Å². The second kappa shape index (κ2) is 11.6. The van der Waals surface area contributed by atoms with E-state index in [9.17, 15) is 19.6 Å². The standard InChI is InChI=1S/C26H27N5O6/c1-31(2)19-11-6-5-10-18(19)30-26(34)29-16-9-7-8-15(12-16)22-17(14-27)24(28)37-20(13-21(32)35-3)23(22)25(33)36-4/h5-12,22H,13,28H2,1-4H3,(H2,29,30,34). The molecule has 4 N–H and O–H groups in total. The first-order chi connectivity index (χ1) is 17.7. The molecule has 192 valence electrons. The fourth-order valence-corrected chi connectivity index (χ4v) is 3.87. The lowest BCUT2D eigenvalue weighted by Gasteiger charge is -2.27. The van der Waals surface area contributed by atoms with Crippen LogP contribution in [0.3, 0.4) is 0 Å². The number of amides is 2. The zero-order valence-corrected chi connectivity index (χ0v) is 20.8. The molecule has 11 nitrogen and oxygen atoms in total. The normalized spacial score (nSPS) is 14.7. The Bertz CT molecular complexity index is 1320. The van der Waals surface area contributed by atoms with Gasteiger partial charge in [-0.15, -0.1) is 0 Å². The van der Waals surface area contributed by atoms with Crippen molar-refractivity contribution in [3.8, 4) is 6.07 Å². The van der Waals surface area contributed by atoms with Gasteiger partial charge in [0.25, 0.3) is 0 Å². The monoisotopic (exact) mass is 505 g/mol. The van der Waals surface area contributed by atoms with Crippen LogP contribution in [0.5, 0.6) is 0 Å². The molecule has 37 heavy (non-hydrogen) atoms. The smallest absolute Gasteiger partial charge is 0.338 e. The van der Waals surface area contributed by atoms with Gasteiger partial charge < -0.3 is 35.5 Å². The molecule has 1 aliphatic rings. The number of nitrogens with one attached hydrogen (secondary N) is 2. The fourth-order valence-electron chi connectivity index (χ4n) is 3.87. The molecule has 2 aromatic carbocycles. The van der Waals surface area contributed by atoms with Crippen molar-refractivity contribution in [1.82, 2.24) is 0 Å². The first-order valence-electron chi connectivity index (χ1n) is 11.1. The summed E-state index contributed by atoms with van der Waals surface area (Å²) in [5.41, 5.74) is 8.12. The number of esters is 2. The van der Waals surface area contributed by atoms with Gasteiger partial charge in [0.15, 0.2) is 0 Å². The van der Waals surface area contributed by atoms with Crippen molar-refractivity contribution in [2.75, 3.05) is 43.8 Å². The van der Waals surface area contributed by atoms with E-state index in [1.165, 1.54) is 14.2 Å². The molecule has 1 atom stereocenters. The number of ether oxygens (including phenoxy) is 3. The summed E-state index contributed by atoms with van der Waals surface area (Å²) in [5.74, 6) is -2.83. The van der Waals surface area contributed by atoms with Crippen molar-refractivity contribution in [1.29, 1.82) is 5.26 Å². The van der Waals surface area contributed by atoms with Crippen LogP contribution in [0, 0.1) is 11.3 Å². The molecule has 0 aliphatic carbocycles. The average Bonchev–Trinajstić information content (AvgIpc) is 2.88. The molecule has 11 heteroatoms. The lowest BCUT2D eigenvalue weighted by molar-refractivity contribution is -0.140. The Morgan fingerprint density at radius 2 is 1.81 bits per heavy atom. The first kappa shape index (κ1) is 26.6. The quantitative estimate of drug-likeness (QED) is 0.481. The number of methoxy groups -OCH3 is 2. The lowest BCUT2D eigenvalue weighted by Crippen LogP contribution is -2.27. The minimum absolute atomic E-state index is 0.0458. The molecule has 2 amide bonds. The van der Waals surface area contributed by atoms with Crippen molar-refractivity contribution in [2.45, 2.75) is 12.3 Å². The number of allylic oxidation sites excluding steroid dienone is 1. The maximum atomic E-state index is 12.8. The molecule has 1 unspecified atom stereocenters. The number of hydrogen-bond acceptors (Lipinski definition) is 9. The molecule has 0 saturated heterocycles. The largest absolute Gasteiger partial charge is 0.469 e. The molecule has 1 heterocycles. The van der Waals surface area contributed by atoms with E-state index in [0.29, 0.717) is 16.9 Å². The van der Waals surface area contributed by atoms with Gasteiger partial charge in [-0.2, -0.15) is 5.26 Å². The molecule has 0 saturated carbocycles. The summed E-state index contributed by atoms with van der Waals surface area (Å²) >= 11 is 0. The van der Waals surface area contributed by atoms with Crippen LogP contribution in [0.2, 0.25) is 0 Å². The summed E-state index contributed by atoms with van der Waals surface area (Å²) in [4.78, 5) is 39.4. The highest BCUT2D eigenvalue weighted by Gasteiger charge is 2.38. The van der Waals surface area contributed by atoms with Crippen LogP contribution in [0.15, 0.2) is 71.3 Å². The number of nitriles is 1. The van der Waals surface area contributed by atoms with Crippen LogP contribution < -0.4 is 21.3 Å². The molecule has 0 spiro atoms. The van der Waals surface area contributed by atoms with Crippen LogP contribution in [-0.2, 0) is 23.8 Å².